The van der Waals surface area contributed by atoms with E-state index in [0.29, 0.717) is 21.4 Å². The van der Waals surface area contributed by atoms with Gasteiger partial charge in [-0.05, 0) is 30.3 Å². The van der Waals surface area contributed by atoms with Crippen LogP contribution in [0.1, 0.15) is 0 Å². The quantitative estimate of drug-likeness (QED) is 0.634. The maximum atomic E-state index is 12.2. The van der Waals surface area contributed by atoms with Gasteiger partial charge in [-0.15, -0.1) is 0 Å². The number of hydrogen-bond acceptors (Lipinski definition) is 3. The highest BCUT2D eigenvalue weighted by Gasteiger charge is 2.13. The number of phenols is 1. The van der Waals surface area contributed by atoms with Crippen molar-refractivity contribution in [3.8, 4) is 5.75 Å². The number of phenolic OH excluding ortho intramolecular Hbond substituents is 1. The molecule has 2 aromatic carbocycles. The lowest BCUT2D eigenvalue weighted by Crippen LogP contribution is -2.02. The zero-order valence-electron chi connectivity index (χ0n) is 8.91. The standard InChI is InChI=1S/C13H6Cl2O3/c14-6-1-4-10-8(5-6)12(17)7-2-3-9(16)11(15)13(7)18-10/h1-5,16H. The number of halogens is 2. The van der Waals surface area contributed by atoms with Gasteiger partial charge in [-0.25, -0.2) is 0 Å². The van der Waals surface area contributed by atoms with Crippen LogP contribution in [0, 0.1) is 0 Å². The Hall–Kier alpha value is -1.71. The first-order chi connectivity index (χ1) is 8.58. The molecule has 0 saturated carbocycles. The maximum absolute atomic E-state index is 12.2. The highest BCUT2D eigenvalue weighted by molar-refractivity contribution is 6.36. The molecule has 3 aromatic rings. The molecule has 0 aliphatic rings. The van der Waals surface area contributed by atoms with Gasteiger partial charge < -0.3 is 9.52 Å². The van der Waals surface area contributed by atoms with Crippen molar-refractivity contribution < 1.29 is 9.52 Å². The fourth-order valence-corrected chi connectivity index (χ4v) is 2.22. The minimum atomic E-state index is -0.226. The molecule has 5 heteroatoms. The smallest absolute Gasteiger partial charge is 0.200 e. The van der Waals surface area contributed by atoms with Crippen LogP contribution in [-0.2, 0) is 0 Å². The fourth-order valence-electron chi connectivity index (χ4n) is 1.85. The van der Waals surface area contributed by atoms with Crippen molar-refractivity contribution in [2.24, 2.45) is 0 Å². The fraction of sp³-hybridized carbons (Fsp3) is 0. The molecule has 1 heterocycles. The molecule has 90 valence electrons. The number of aromatic hydroxyl groups is 1. The molecule has 0 spiro atoms. The van der Waals surface area contributed by atoms with Gasteiger partial charge in [0.25, 0.3) is 0 Å². The normalized spacial score (nSPS) is 11.2. The molecule has 0 fully saturated rings. The van der Waals surface area contributed by atoms with Gasteiger partial charge in [0, 0.05) is 5.02 Å². The van der Waals surface area contributed by atoms with E-state index in [2.05, 4.69) is 0 Å². The summed E-state index contributed by atoms with van der Waals surface area (Å²) in [6.45, 7) is 0. The first kappa shape index (κ1) is 11.4. The highest BCUT2D eigenvalue weighted by atomic mass is 35.5. The van der Waals surface area contributed by atoms with E-state index in [9.17, 15) is 9.90 Å². The number of fused-ring (bicyclic) bond motifs is 2. The van der Waals surface area contributed by atoms with Gasteiger partial charge in [-0.3, -0.25) is 4.79 Å². The topological polar surface area (TPSA) is 50.4 Å². The predicted octanol–water partition coefficient (Wildman–Crippen LogP) is 3.96. The molecule has 0 radical (unpaired) electrons. The maximum Gasteiger partial charge on any atom is 0.200 e. The van der Waals surface area contributed by atoms with Gasteiger partial charge in [-0.1, -0.05) is 23.2 Å². The molecule has 1 N–H and O–H groups in total. The van der Waals surface area contributed by atoms with Crippen LogP contribution in [0.15, 0.2) is 39.5 Å². The first-order valence-electron chi connectivity index (χ1n) is 5.11. The molecule has 0 bridgehead atoms. The highest BCUT2D eigenvalue weighted by Crippen LogP contribution is 2.32. The Bertz CT molecular complexity index is 837. The van der Waals surface area contributed by atoms with Gasteiger partial charge in [0.2, 0.25) is 5.43 Å². The number of hydrogen-bond donors (Lipinski definition) is 1. The van der Waals surface area contributed by atoms with Crippen molar-refractivity contribution in [2.75, 3.05) is 0 Å². The summed E-state index contributed by atoms with van der Waals surface area (Å²) in [4.78, 5) is 12.2. The Morgan fingerprint density at radius 1 is 1.06 bits per heavy atom. The van der Waals surface area contributed by atoms with Crippen LogP contribution >= 0.6 is 23.2 Å². The molecule has 0 amide bonds. The first-order valence-corrected chi connectivity index (χ1v) is 5.87. The average molecular weight is 281 g/mol. The molecular weight excluding hydrogens is 275 g/mol. The number of benzene rings is 2. The summed E-state index contributed by atoms with van der Waals surface area (Å²) < 4.78 is 5.54. The van der Waals surface area contributed by atoms with Crippen molar-refractivity contribution in [1.82, 2.24) is 0 Å². The second-order valence-electron chi connectivity index (χ2n) is 3.85. The van der Waals surface area contributed by atoms with E-state index in [0.717, 1.165) is 0 Å². The van der Waals surface area contributed by atoms with Gasteiger partial charge in [0.15, 0.2) is 5.58 Å². The van der Waals surface area contributed by atoms with Crippen molar-refractivity contribution in [3.05, 3.63) is 50.6 Å². The van der Waals surface area contributed by atoms with E-state index in [1.807, 2.05) is 0 Å². The third-order valence-electron chi connectivity index (χ3n) is 2.72. The van der Waals surface area contributed by atoms with E-state index >= 15 is 0 Å². The minimum Gasteiger partial charge on any atom is -0.506 e. The third-order valence-corrected chi connectivity index (χ3v) is 3.32. The van der Waals surface area contributed by atoms with Gasteiger partial charge in [0.05, 0.1) is 10.8 Å². The van der Waals surface area contributed by atoms with Crippen molar-refractivity contribution in [1.29, 1.82) is 0 Å². The van der Waals surface area contributed by atoms with E-state index in [1.54, 1.807) is 18.2 Å². The predicted molar refractivity (Wildman–Crippen MR) is 71.7 cm³/mol. The monoisotopic (exact) mass is 280 g/mol. The summed E-state index contributed by atoms with van der Waals surface area (Å²) in [5.74, 6) is -0.124. The van der Waals surface area contributed by atoms with Crippen LogP contribution in [0.4, 0.5) is 0 Å². The SMILES string of the molecule is O=c1c2cc(Cl)ccc2oc2c(Cl)c(O)ccc12. The Morgan fingerprint density at radius 2 is 1.83 bits per heavy atom. The van der Waals surface area contributed by atoms with Crippen molar-refractivity contribution in [2.45, 2.75) is 0 Å². The van der Waals surface area contributed by atoms with Crippen LogP contribution < -0.4 is 5.43 Å². The molecule has 18 heavy (non-hydrogen) atoms. The van der Waals surface area contributed by atoms with Crippen LogP contribution in [0.2, 0.25) is 10.0 Å². The molecule has 0 atom stereocenters. The van der Waals surface area contributed by atoms with E-state index in [1.165, 1.54) is 12.1 Å². The van der Waals surface area contributed by atoms with Crippen molar-refractivity contribution >= 4 is 45.1 Å². The van der Waals surface area contributed by atoms with Crippen LogP contribution in [0.3, 0.4) is 0 Å². The molecule has 0 saturated heterocycles. The zero-order chi connectivity index (χ0) is 12.9. The lowest BCUT2D eigenvalue weighted by molar-refractivity contribution is 0.475. The van der Waals surface area contributed by atoms with E-state index < -0.39 is 0 Å². The summed E-state index contributed by atoms with van der Waals surface area (Å²) in [6.07, 6.45) is 0. The van der Waals surface area contributed by atoms with Crippen molar-refractivity contribution in [3.63, 3.8) is 0 Å². The molecular formula is C13H6Cl2O3. The number of rotatable bonds is 0. The molecule has 0 aliphatic carbocycles. The molecule has 0 aliphatic heterocycles. The lowest BCUT2D eigenvalue weighted by Gasteiger charge is -2.04. The van der Waals surface area contributed by atoms with E-state index in [4.69, 9.17) is 27.6 Å². The average Bonchev–Trinajstić information content (AvgIpc) is 2.36. The largest absolute Gasteiger partial charge is 0.506 e. The summed E-state index contributed by atoms with van der Waals surface area (Å²) in [5, 5.41) is 10.7. The summed E-state index contributed by atoms with van der Waals surface area (Å²) in [6, 6.07) is 7.60. The Kier molecular flexibility index (Phi) is 2.47. The molecule has 3 rings (SSSR count). The van der Waals surface area contributed by atoms with Gasteiger partial charge in [0.1, 0.15) is 16.4 Å². The molecule has 3 nitrogen and oxygen atoms in total. The summed E-state index contributed by atoms with van der Waals surface area (Å²) in [5.41, 5.74) is 0.330. The Balaban J connectivity index is 2.61. The third kappa shape index (κ3) is 1.55. The van der Waals surface area contributed by atoms with Crippen LogP contribution in [-0.4, -0.2) is 5.11 Å². The Labute approximate surface area is 111 Å². The second-order valence-corrected chi connectivity index (χ2v) is 4.66. The zero-order valence-corrected chi connectivity index (χ0v) is 10.4. The molecule has 1 aromatic heterocycles. The van der Waals surface area contributed by atoms with Gasteiger partial charge in [-0.2, -0.15) is 0 Å². The van der Waals surface area contributed by atoms with Crippen LogP contribution in [0.5, 0.6) is 5.75 Å². The van der Waals surface area contributed by atoms with Crippen LogP contribution in [0.25, 0.3) is 21.9 Å². The Morgan fingerprint density at radius 3 is 2.61 bits per heavy atom. The summed E-state index contributed by atoms with van der Waals surface area (Å²) in [7, 11) is 0. The summed E-state index contributed by atoms with van der Waals surface area (Å²) >= 11 is 11.8. The minimum absolute atomic E-state index is 0.0291. The van der Waals surface area contributed by atoms with Gasteiger partial charge >= 0.3 is 0 Å². The van der Waals surface area contributed by atoms with E-state index in [-0.39, 0.29) is 21.8 Å². The molecule has 0 unspecified atom stereocenters. The lowest BCUT2D eigenvalue weighted by atomic mass is 10.1. The second kappa shape index (κ2) is 3.90.